The Kier molecular flexibility index (Phi) is 18.8. The molecule has 0 radical (unpaired) electrons. The standard InChI is InChI=1S/C12H27O4P.C10H19N2/c1-3-5-7-9-11-15-17(13,14)16-12-10-8-6-4-2;1-3-4-5-6-7-12-9-8-11(2)10-12/h3-12H2,1-2H3,(H,13,14);8-10H,3-7H2,1-2H3/q;+1/p-1. The molecule has 0 fully saturated rings. The molecule has 29 heavy (non-hydrogen) atoms. The summed E-state index contributed by atoms with van der Waals surface area (Å²) in [5, 5.41) is 0. The highest BCUT2D eigenvalue weighted by atomic mass is 31.2. The third-order valence-electron chi connectivity index (χ3n) is 4.59. The van der Waals surface area contributed by atoms with Crippen LogP contribution < -0.4 is 9.46 Å². The normalized spacial score (nSPS) is 11.3. The number of nitrogens with zero attached hydrogens (tertiary/aromatic N) is 2. The summed E-state index contributed by atoms with van der Waals surface area (Å²) in [7, 11) is -1.98. The van der Waals surface area contributed by atoms with Gasteiger partial charge in [-0.3, -0.25) is 4.57 Å². The smallest absolute Gasteiger partial charge is 0.267 e. The fraction of sp³-hybridized carbons (Fsp3) is 0.864. The molecule has 7 heteroatoms. The second kappa shape index (κ2) is 19.3. The number of phosphoric ester groups is 1. The van der Waals surface area contributed by atoms with Crippen LogP contribution >= 0.6 is 7.82 Å². The average molecular weight is 433 g/mol. The number of phosphoric acid groups is 1. The Bertz CT molecular complexity index is 505. The van der Waals surface area contributed by atoms with Gasteiger partial charge in [-0.05, 0) is 25.7 Å². The van der Waals surface area contributed by atoms with Crippen LogP contribution in [0, 0.1) is 0 Å². The highest BCUT2D eigenvalue weighted by molar-refractivity contribution is 7.45. The van der Waals surface area contributed by atoms with Crippen molar-refractivity contribution in [2.75, 3.05) is 13.2 Å². The van der Waals surface area contributed by atoms with Crippen LogP contribution in [0.3, 0.4) is 0 Å². The molecule has 0 amide bonds. The maximum atomic E-state index is 11.3. The molecule has 6 nitrogen and oxygen atoms in total. The van der Waals surface area contributed by atoms with E-state index in [-0.39, 0.29) is 13.2 Å². The van der Waals surface area contributed by atoms with Crippen molar-refractivity contribution in [3.63, 3.8) is 0 Å². The minimum Gasteiger partial charge on any atom is -0.756 e. The van der Waals surface area contributed by atoms with Crippen LogP contribution in [0.4, 0.5) is 0 Å². The summed E-state index contributed by atoms with van der Waals surface area (Å²) in [5.74, 6) is 0. The quantitative estimate of drug-likeness (QED) is 0.184. The first-order chi connectivity index (χ1) is 13.9. The van der Waals surface area contributed by atoms with E-state index >= 15 is 0 Å². The third kappa shape index (κ3) is 19.1. The van der Waals surface area contributed by atoms with Gasteiger partial charge in [0.25, 0.3) is 7.82 Å². The molecule has 0 spiro atoms. The SMILES string of the molecule is CCCCCCOP(=O)([O-])OCCCCCC.CCCCCCn1cc[n+](C)c1. The van der Waals surface area contributed by atoms with Crippen LogP contribution in [0.2, 0.25) is 0 Å². The second-order valence-corrected chi connectivity index (χ2v) is 9.02. The molecule has 0 aliphatic rings. The van der Waals surface area contributed by atoms with Crippen molar-refractivity contribution < 1.29 is 23.1 Å². The second-order valence-electron chi connectivity index (χ2n) is 7.61. The van der Waals surface area contributed by atoms with Gasteiger partial charge in [-0.25, -0.2) is 9.13 Å². The van der Waals surface area contributed by atoms with Crippen molar-refractivity contribution in [2.45, 2.75) is 104 Å². The minimum absolute atomic E-state index is 0.246. The average Bonchev–Trinajstić information content (AvgIpc) is 3.10. The zero-order valence-electron chi connectivity index (χ0n) is 19.3. The summed E-state index contributed by atoms with van der Waals surface area (Å²) in [6, 6.07) is 0. The van der Waals surface area contributed by atoms with Crippen molar-refractivity contribution in [1.29, 1.82) is 0 Å². The Morgan fingerprint density at radius 2 is 1.31 bits per heavy atom. The minimum atomic E-state index is -4.04. The maximum absolute atomic E-state index is 11.3. The summed E-state index contributed by atoms with van der Waals surface area (Å²) in [4.78, 5) is 11.3. The van der Waals surface area contributed by atoms with Crippen molar-refractivity contribution in [2.24, 2.45) is 7.05 Å². The van der Waals surface area contributed by atoms with Gasteiger partial charge in [0.1, 0.15) is 12.4 Å². The summed E-state index contributed by atoms with van der Waals surface area (Å²) in [6.45, 7) is 8.12. The lowest BCUT2D eigenvalue weighted by Crippen LogP contribution is -2.23. The molecule has 0 bridgehead atoms. The largest absolute Gasteiger partial charge is 0.756 e. The fourth-order valence-corrected chi connectivity index (χ4v) is 3.58. The lowest BCUT2D eigenvalue weighted by molar-refractivity contribution is -0.671. The predicted octanol–water partition coefficient (Wildman–Crippen LogP) is 5.54. The molecule has 0 saturated heterocycles. The molecule has 0 unspecified atom stereocenters. The van der Waals surface area contributed by atoms with Gasteiger partial charge in [0.05, 0.1) is 26.8 Å². The van der Waals surface area contributed by atoms with Gasteiger partial charge in [-0.2, -0.15) is 0 Å². The van der Waals surface area contributed by atoms with E-state index in [0.717, 1.165) is 51.4 Å². The first-order valence-electron chi connectivity index (χ1n) is 11.6. The molecule has 0 aliphatic carbocycles. The topological polar surface area (TPSA) is 67.4 Å². The highest BCUT2D eigenvalue weighted by Gasteiger charge is 2.08. The molecule has 1 heterocycles. The third-order valence-corrected chi connectivity index (χ3v) is 5.59. The molecule has 1 aromatic heterocycles. The highest BCUT2D eigenvalue weighted by Crippen LogP contribution is 2.38. The number of aromatic nitrogens is 2. The van der Waals surface area contributed by atoms with E-state index in [1.165, 1.54) is 32.2 Å². The molecule has 0 aliphatic heterocycles. The number of hydrogen-bond donors (Lipinski definition) is 0. The molecule has 0 aromatic carbocycles. The summed E-state index contributed by atoms with van der Waals surface area (Å²) in [6.07, 6.45) is 19.8. The zero-order chi connectivity index (χ0) is 21.8. The van der Waals surface area contributed by atoms with Gasteiger partial charge in [-0.15, -0.1) is 0 Å². The van der Waals surface area contributed by atoms with Gasteiger partial charge in [0.15, 0.2) is 0 Å². The van der Waals surface area contributed by atoms with Gasteiger partial charge < -0.3 is 13.9 Å². The summed E-state index contributed by atoms with van der Waals surface area (Å²) in [5.41, 5.74) is 0. The number of aryl methyl sites for hydroxylation is 2. The van der Waals surface area contributed by atoms with Crippen molar-refractivity contribution in [3.05, 3.63) is 18.7 Å². The number of rotatable bonds is 17. The molecule has 172 valence electrons. The monoisotopic (exact) mass is 432 g/mol. The maximum Gasteiger partial charge on any atom is 0.267 e. The molecule has 0 saturated carbocycles. The van der Waals surface area contributed by atoms with Gasteiger partial charge in [-0.1, -0.05) is 72.1 Å². The van der Waals surface area contributed by atoms with Crippen LogP contribution in [0.5, 0.6) is 0 Å². The number of imidazole rings is 1. The van der Waals surface area contributed by atoms with E-state index < -0.39 is 7.82 Å². The lowest BCUT2D eigenvalue weighted by atomic mass is 10.2. The molecular weight excluding hydrogens is 387 g/mol. The van der Waals surface area contributed by atoms with Gasteiger partial charge in [0.2, 0.25) is 6.33 Å². The number of unbranched alkanes of at least 4 members (excludes halogenated alkanes) is 9. The predicted molar refractivity (Wildman–Crippen MR) is 118 cm³/mol. The van der Waals surface area contributed by atoms with Crippen LogP contribution in [-0.2, 0) is 27.2 Å². The van der Waals surface area contributed by atoms with Crippen molar-refractivity contribution in [3.8, 4) is 0 Å². The summed E-state index contributed by atoms with van der Waals surface area (Å²) >= 11 is 0. The molecule has 0 N–H and O–H groups in total. The van der Waals surface area contributed by atoms with E-state index in [1.54, 1.807) is 0 Å². The van der Waals surface area contributed by atoms with Crippen LogP contribution in [-0.4, -0.2) is 17.8 Å². The van der Waals surface area contributed by atoms with E-state index in [9.17, 15) is 9.46 Å². The van der Waals surface area contributed by atoms with Crippen LogP contribution in [0.15, 0.2) is 18.7 Å². The van der Waals surface area contributed by atoms with Crippen LogP contribution in [0.25, 0.3) is 0 Å². The van der Waals surface area contributed by atoms with Gasteiger partial charge in [0, 0.05) is 0 Å². The Hall–Kier alpha value is -0.680. The van der Waals surface area contributed by atoms with E-state index in [1.807, 2.05) is 0 Å². The van der Waals surface area contributed by atoms with Crippen molar-refractivity contribution >= 4 is 7.82 Å². The number of hydrogen-bond acceptors (Lipinski definition) is 4. The van der Waals surface area contributed by atoms with E-state index in [2.05, 4.69) is 55.7 Å². The molecule has 1 aromatic rings. The Balaban J connectivity index is 0.000000571. The molecule has 0 atom stereocenters. The molecular formula is C22H45N2O4P. The fourth-order valence-electron chi connectivity index (χ4n) is 2.80. The van der Waals surface area contributed by atoms with E-state index in [4.69, 9.17) is 9.05 Å². The lowest BCUT2D eigenvalue weighted by Gasteiger charge is -2.22. The first-order valence-corrected chi connectivity index (χ1v) is 13.0. The van der Waals surface area contributed by atoms with Crippen LogP contribution in [0.1, 0.15) is 97.8 Å². The first kappa shape index (κ1) is 28.3. The van der Waals surface area contributed by atoms with Gasteiger partial charge >= 0.3 is 0 Å². The molecule has 1 rings (SSSR count). The Morgan fingerprint density at radius 1 is 0.828 bits per heavy atom. The van der Waals surface area contributed by atoms with Crippen molar-refractivity contribution in [1.82, 2.24) is 4.57 Å². The Morgan fingerprint density at radius 3 is 1.72 bits per heavy atom. The van der Waals surface area contributed by atoms with E-state index in [0.29, 0.717) is 0 Å². The zero-order valence-corrected chi connectivity index (χ0v) is 20.2. The Labute approximate surface area is 179 Å². The summed E-state index contributed by atoms with van der Waals surface area (Å²) < 4.78 is 25.1.